The summed E-state index contributed by atoms with van der Waals surface area (Å²) in [6, 6.07) is 17.2. The zero-order valence-corrected chi connectivity index (χ0v) is 19.3. The van der Waals surface area contributed by atoms with E-state index < -0.39 is 0 Å². The predicted octanol–water partition coefficient (Wildman–Crippen LogP) is 4.98. The number of rotatable bonds is 7. The molecule has 1 aromatic heterocycles. The third kappa shape index (κ3) is 5.81. The molecule has 2 aromatic carbocycles. The summed E-state index contributed by atoms with van der Waals surface area (Å²) in [7, 11) is 0. The van der Waals surface area contributed by atoms with Crippen LogP contribution in [0.4, 0.5) is 15.0 Å². The molecule has 4 rings (SSSR count). The number of carbonyl (C=O) groups is 2. The Morgan fingerprint density at radius 2 is 1.76 bits per heavy atom. The van der Waals surface area contributed by atoms with Crippen LogP contribution in [0.5, 0.6) is 0 Å². The fourth-order valence-corrected chi connectivity index (χ4v) is 4.20. The molecule has 0 unspecified atom stereocenters. The summed E-state index contributed by atoms with van der Waals surface area (Å²) >= 11 is 0. The molecule has 1 aliphatic carbocycles. The topological polar surface area (TPSA) is 79.3 Å². The van der Waals surface area contributed by atoms with Gasteiger partial charge in [0, 0.05) is 24.2 Å². The van der Waals surface area contributed by atoms with Crippen molar-refractivity contribution in [3.63, 3.8) is 0 Å². The molecule has 3 aromatic rings. The molecular formula is C26H30FN5O2. The van der Waals surface area contributed by atoms with Gasteiger partial charge in [-0.25, -0.2) is 13.9 Å². The highest BCUT2D eigenvalue weighted by Gasteiger charge is 2.22. The Morgan fingerprint density at radius 1 is 1.06 bits per heavy atom. The van der Waals surface area contributed by atoms with E-state index in [9.17, 15) is 14.0 Å². The first-order chi connectivity index (χ1) is 16.5. The fraction of sp³-hybridized carbons (Fsp3) is 0.346. The molecule has 0 aliphatic heterocycles. The number of likely N-dealkylation sites (N-methyl/N-ethyl adjacent to an activating group) is 1. The summed E-state index contributed by atoms with van der Waals surface area (Å²) in [6.07, 6.45) is 5.41. The van der Waals surface area contributed by atoms with Crippen LogP contribution in [-0.4, -0.2) is 45.8 Å². The van der Waals surface area contributed by atoms with Crippen LogP contribution in [0.25, 0.3) is 16.9 Å². The van der Waals surface area contributed by atoms with Gasteiger partial charge < -0.3 is 15.5 Å². The zero-order chi connectivity index (χ0) is 23.9. The van der Waals surface area contributed by atoms with Gasteiger partial charge in [0.25, 0.3) is 0 Å². The molecule has 34 heavy (non-hydrogen) atoms. The molecule has 2 N–H and O–H groups in total. The van der Waals surface area contributed by atoms with Crippen molar-refractivity contribution in [1.29, 1.82) is 0 Å². The Balaban J connectivity index is 1.50. The average Bonchev–Trinajstić information content (AvgIpc) is 3.27. The minimum Gasteiger partial charge on any atom is -0.335 e. The Morgan fingerprint density at radius 3 is 2.44 bits per heavy atom. The van der Waals surface area contributed by atoms with Crippen LogP contribution in [0.15, 0.2) is 60.7 Å². The Hall–Kier alpha value is -3.68. The molecule has 3 amide bonds. The highest BCUT2D eigenvalue weighted by molar-refractivity contribution is 5.94. The summed E-state index contributed by atoms with van der Waals surface area (Å²) in [5, 5.41) is 10.6. The van der Waals surface area contributed by atoms with Crippen LogP contribution in [-0.2, 0) is 4.79 Å². The monoisotopic (exact) mass is 463 g/mol. The van der Waals surface area contributed by atoms with Crippen molar-refractivity contribution in [2.45, 2.75) is 45.1 Å². The van der Waals surface area contributed by atoms with Crippen LogP contribution in [0, 0.1) is 5.82 Å². The van der Waals surface area contributed by atoms with Crippen molar-refractivity contribution in [2.24, 2.45) is 0 Å². The van der Waals surface area contributed by atoms with E-state index in [1.165, 1.54) is 23.5 Å². The number of hydrogen-bond acceptors (Lipinski definition) is 3. The summed E-state index contributed by atoms with van der Waals surface area (Å²) in [5.74, 6) is -0.241. The molecule has 0 saturated heterocycles. The van der Waals surface area contributed by atoms with Crippen molar-refractivity contribution < 1.29 is 14.0 Å². The number of amides is 3. The quantitative estimate of drug-likeness (QED) is 0.519. The van der Waals surface area contributed by atoms with Crippen LogP contribution >= 0.6 is 0 Å². The lowest BCUT2D eigenvalue weighted by atomic mass is 9.96. The molecule has 178 valence electrons. The maximum absolute atomic E-state index is 13.5. The number of benzene rings is 2. The van der Waals surface area contributed by atoms with E-state index in [0.29, 0.717) is 23.7 Å². The first-order valence-electron chi connectivity index (χ1n) is 11.8. The normalized spacial score (nSPS) is 13.9. The van der Waals surface area contributed by atoms with E-state index in [-0.39, 0.29) is 30.3 Å². The number of halogens is 1. The Bertz CT molecular complexity index is 1110. The molecule has 0 spiro atoms. The summed E-state index contributed by atoms with van der Waals surface area (Å²) < 4.78 is 15.0. The maximum atomic E-state index is 13.5. The lowest BCUT2D eigenvalue weighted by Crippen LogP contribution is -2.48. The highest BCUT2D eigenvalue weighted by atomic mass is 19.1. The molecule has 0 atom stereocenters. The average molecular weight is 464 g/mol. The van der Waals surface area contributed by atoms with Gasteiger partial charge in [-0.15, -0.1) is 0 Å². The summed E-state index contributed by atoms with van der Waals surface area (Å²) in [6.45, 7) is 2.19. The molecule has 1 aliphatic rings. The second-order valence-corrected chi connectivity index (χ2v) is 8.52. The fourth-order valence-electron chi connectivity index (χ4n) is 4.20. The minimum absolute atomic E-state index is 0.0790. The van der Waals surface area contributed by atoms with Crippen molar-refractivity contribution in [1.82, 2.24) is 20.0 Å². The van der Waals surface area contributed by atoms with E-state index in [4.69, 9.17) is 0 Å². The van der Waals surface area contributed by atoms with Gasteiger partial charge in [-0.3, -0.25) is 4.79 Å². The molecule has 1 saturated carbocycles. The van der Waals surface area contributed by atoms with Gasteiger partial charge in [0.15, 0.2) is 0 Å². The number of nitrogens with one attached hydrogen (secondary N) is 2. The van der Waals surface area contributed by atoms with E-state index in [1.807, 2.05) is 37.3 Å². The number of anilines is 1. The van der Waals surface area contributed by atoms with E-state index in [2.05, 4.69) is 15.7 Å². The smallest absolute Gasteiger partial charge is 0.318 e. The van der Waals surface area contributed by atoms with E-state index in [1.54, 1.807) is 22.9 Å². The molecule has 8 heteroatoms. The van der Waals surface area contributed by atoms with Crippen LogP contribution in [0.1, 0.15) is 39.0 Å². The molecule has 7 nitrogen and oxygen atoms in total. The summed E-state index contributed by atoms with van der Waals surface area (Å²) in [5.41, 5.74) is 2.17. The van der Waals surface area contributed by atoms with Gasteiger partial charge in [0.05, 0.1) is 11.4 Å². The largest absolute Gasteiger partial charge is 0.335 e. The number of hydrogen-bond donors (Lipinski definition) is 2. The Labute approximate surface area is 199 Å². The van der Waals surface area contributed by atoms with E-state index in [0.717, 1.165) is 31.2 Å². The predicted molar refractivity (Wildman–Crippen MR) is 130 cm³/mol. The van der Waals surface area contributed by atoms with Crippen LogP contribution < -0.4 is 10.6 Å². The van der Waals surface area contributed by atoms with Gasteiger partial charge in [0.1, 0.15) is 18.2 Å². The van der Waals surface area contributed by atoms with Gasteiger partial charge in [0.2, 0.25) is 5.91 Å². The lowest BCUT2D eigenvalue weighted by molar-refractivity contribution is -0.116. The van der Waals surface area contributed by atoms with Crippen LogP contribution in [0.2, 0.25) is 0 Å². The van der Waals surface area contributed by atoms with Gasteiger partial charge in [-0.1, -0.05) is 49.6 Å². The van der Waals surface area contributed by atoms with Crippen molar-refractivity contribution in [3.8, 4) is 16.9 Å². The van der Waals surface area contributed by atoms with Crippen molar-refractivity contribution in [2.75, 3.05) is 18.4 Å². The first-order valence-corrected chi connectivity index (χ1v) is 11.8. The number of aromatic nitrogens is 2. The summed E-state index contributed by atoms with van der Waals surface area (Å²) in [4.78, 5) is 27.2. The molecule has 0 bridgehead atoms. The highest BCUT2D eigenvalue weighted by Crippen LogP contribution is 2.25. The second kappa shape index (κ2) is 11.0. The standard InChI is InChI=1S/C26H30FN5O2/c1-2-31(26(34)28-21-11-7-4-8-12-21)18-25(33)29-24-17-23(19-9-5-3-6-10-19)30-32(24)22-15-13-20(27)14-16-22/h3,5-6,9-10,13-17,21H,2,4,7-8,11-12,18H2,1H3,(H,28,34)(H,29,33). The second-order valence-electron chi connectivity index (χ2n) is 8.52. The lowest BCUT2D eigenvalue weighted by Gasteiger charge is -2.27. The van der Waals surface area contributed by atoms with E-state index >= 15 is 0 Å². The third-order valence-electron chi connectivity index (χ3n) is 6.05. The number of urea groups is 1. The molecule has 1 fully saturated rings. The molecule has 1 heterocycles. The maximum Gasteiger partial charge on any atom is 0.318 e. The van der Waals surface area contributed by atoms with Gasteiger partial charge >= 0.3 is 6.03 Å². The van der Waals surface area contributed by atoms with Crippen molar-refractivity contribution >= 4 is 17.8 Å². The van der Waals surface area contributed by atoms with Gasteiger partial charge in [-0.05, 0) is 44.0 Å². The SMILES string of the molecule is CCN(CC(=O)Nc1cc(-c2ccccc2)nn1-c1ccc(F)cc1)C(=O)NC1CCCCC1. The first kappa shape index (κ1) is 23.5. The van der Waals surface area contributed by atoms with Gasteiger partial charge in [-0.2, -0.15) is 5.10 Å². The molecule has 0 radical (unpaired) electrons. The van der Waals surface area contributed by atoms with Crippen molar-refractivity contribution in [3.05, 3.63) is 66.5 Å². The zero-order valence-electron chi connectivity index (χ0n) is 19.3. The third-order valence-corrected chi connectivity index (χ3v) is 6.05. The Kier molecular flexibility index (Phi) is 7.57. The number of nitrogens with zero attached hydrogens (tertiary/aromatic N) is 3. The number of carbonyl (C=O) groups excluding carboxylic acids is 2. The molecular weight excluding hydrogens is 433 g/mol. The minimum atomic E-state index is -0.354. The van der Waals surface area contributed by atoms with Crippen LogP contribution in [0.3, 0.4) is 0 Å².